The van der Waals surface area contributed by atoms with Crippen molar-refractivity contribution >= 4 is 33.4 Å². The number of amides is 1. The van der Waals surface area contributed by atoms with E-state index in [0.717, 1.165) is 35.2 Å². The lowest BCUT2D eigenvalue weighted by Gasteiger charge is -2.33. The highest BCUT2D eigenvalue weighted by molar-refractivity contribution is 7.89. The molecule has 270 valence electrons. The molecule has 1 aromatic carbocycles. The van der Waals surface area contributed by atoms with E-state index in [1.54, 1.807) is 0 Å². The van der Waals surface area contributed by atoms with Gasteiger partial charge in [-0.1, -0.05) is 17.7 Å². The van der Waals surface area contributed by atoms with Gasteiger partial charge in [-0.3, -0.25) is 18.8 Å². The summed E-state index contributed by atoms with van der Waals surface area (Å²) < 4.78 is 116. The molecule has 2 N–H and O–H groups in total. The van der Waals surface area contributed by atoms with Crippen LogP contribution in [0, 0.1) is 17.6 Å². The third kappa shape index (κ3) is 6.24. The number of carbonyl (C=O) groups is 1. The third-order valence-electron chi connectivity index (χ3n) is 9.20. The van der Waals surface area contributed by atoms with Crippen molar-refractivity contribution in [1.82, 2.24) is 35.1 Å². The van der Waals surface area contributed by atoms with Gasteiger partial charge in [-0.25, -0.2) is 36.0 Å². The number of benzene rings is 1. The van der Waals surface area contributed by atoms with Gasteiger partial charge in [0.25, 0.3) is 27.9 Å². The zero-order chi connectivity index (χ0) is 36.7. The van der Waals surface area contributed by atoms with E-state index < -0.39 is 93.4 Å². The molecule has 0 bridgehead atoms. The SMILES string of the molecule is CN1NC(=NS(C)(=O)=O)C2=C(Cl)C=C[C@@H](n3c([C@@H](Cc4cc(F)cc(F)c4)NC(=O)Cn4nc(C(F)F)c5c4C(F)(F)[C@@H]4C[C@H]54)nccc3=O)C21. The molecule has 1 aliphatic heterocycles. The molecular formula is C31H27ClF6N8O4S. The van der Waals surface area contributed by atoms with Crippen molar-refractivity contribution < 1.29 is 39.6 Å². The van der Waals surface area contributed by atoms with Crippen molar-refractivity contribution in [1.29, 1.82) is 0 Å². The fraction of sp³-hybridized carbons (Fsp3) is 0.387. The number of halogens is 7. The Morgan fingerprint density at radius 3 is 2.59 bits per heavy atom. The molecule has 2 fully saturated rings. The maximum atomic E-state index is 15.2. The Balaban J connectivity index is 1.29. The topological polar surface area (TPSA) is 144 Å². The van der Waals surface area contributed by atoms with Gasteiger partial charge in [0.05, 0.1) is 24.4 Å². The summed E-state index contributed by atoms with van der Waals surface area (Å²) in [7, 11) is -2.38. The van der Waals surface area contributed by atoms with Gasteiger partial charge in [0.1, 0.15) is 35.4 Å². The lowest BCUT2D eigenvalue weighted by molar-refractivity contribution is -0.123. The zero-order valence-electron chi connectivity index (χ0n) is 26.5. The monoisotopic (exact) mass is 756 g/mol. The van der Waals surface area contributed by atoms with Gasteiger partial charge in [-0.2, -0.15) is 13.9 Å². The van der Waals surface area contributed by atoms with Crippen LogP contribution in [0.5, 0.6) is 0 Å². The van der Waals surface area contributed by atoms with Crippen molar-refractivity contribution in [2.24, 2.45) is 10.3 Å². The van der Waals surface area contributed by atoms with Crippen molar-refractivity contribution in [3.63, 3.8) is 0 Å². The second-order valence-electron chi connectivity index (χ2n) is 12.7. The number of allylic oxidation sites excluding steroid dienone is 2. The Kier molecular flexibility index (Phi) is 8.45. The molecule has 3 aliphatic carbocycles. The molecule has 0 spiro atoms. The summed E-state index contributed by atoms with van der Waals surface area (Å²) in [4.78, 5) is 31.6. The molecule has 2 aromatic heterocycles. The number of nitrogens with one attached hydrogen (secondary N) is 2. The Labute approximate surface area is 290 Å². The van der Waals surface area contributed by atoms with Gasteiger partial charge in [0, 0.05) is 53.9 Å². The van der Waals surface area contributed by atoms with Crippen LogP contribution in [0.2, 0.25) is 0 Å². The van der Waals surface area contributed by atoms with Crippen LogP contribution in [-0.4, -0.2) is 63.8 Å². The molecule has 12 nitrogen and oxygen atoms in total. The first kappa shape index (κ1) is 34.9. The molecule has 4 aliphatic rings. The molecule has 1 unspecified atom stereocenters. The van der Waals surface area contributed by atoms with Gasteiger partial charge in [-0.15, -0.1) is 4.40 Å². The number of hydrogen-bond acceptors (Lipinski definition) is 7. The highest BCUT2D eigenvalue weighted by atomic mass is 35.5. The number of aromatic nitrogens is 4. The number of amidine groups is 1. The number of alkyl halides is 4. The average molecular weight is 757 g/mol. The van der Waals surface area contributed by atoms with Crippen molar-refractivity contribution in [3.05, 3.63) is 104 Å². The minimum Gasteiger partial charge on any atom is -0.344 e. The summed E-state index contributed by atoms with van der Waals surface area (Å²) in [5.74, 6) is -8.62. The van der Waals surface area contributed by atoms with Crippen LogP contribution < -0.4 is 16.3 Å². The van der Waals surface area contributed by atoms with E-state index in [-0.39, 0.29) is 46.2 Å². The summed E-state index contributed by atoms with van der Waals surface area (Å²) in [6.45, 7) is -0.929. The van der Waals surface area contributed by atoms with E-state index in [1.165, 1.54) is 24.2 Å². The quantitative estimate of drug-likeness (QED) is 0.315. The summed E-state index contributed by atoms with van der Waals surface area (Å²) in [5.41, 5.74) is 0.523. The van der Waals surface area contributed by atoms with Crippen LogP contribution in [0.3, 0.4) is 0 Å². The van der Waals surface area contributed by atoms with Crippen LogP contribution in [0.15, 0.2) is 62.4 Å². The van der Waals surface area contributed by atoms with E-state index in [2.05, 4.69) is 25.2 Å². The fourth-order valence-electron chi connectivity index (χ4n) is 7.24. The highest BCUT2D eigenvalue weighted by Gasteiger charge is 2.67. The normalized spacial score (nSPS) is 24.8. The lowest BCUT2D eigenvalue weighted by Crippen LogP contribution is -2.45. The Morgan fingerprint density at radius 2 is 1.92 bits per heavy atom. The van der Waals surface area contributed by atoms with Gasteiger partial charge >= 0.3 is 0 Å². The zero-order valence-corrected chi connectivity index (χ0v) is 28.1. The number of nitrogens with zero attached hydrogens (tertiary/aromatic N) is 6. The Morgan fingerprint density at radius 1 is 1.22 bits per heavy atom. The van der Waals surface area contributed by atoms with E-state index in [1.807, 2.05) is 0 Å². The first-order valence-electron chi connectivity index (χ1n) is 15.4. The Bertz CT molecular complexity index is 2220. The van der Waals surface area contributed by atoms with E-state index in [0.29, 0.717) is 10.7 Å². The van der Waals surface area contributed by atoms with E-state index in [9.17, 15) is 35.6 Å². The maximum absolute atomic E-state index is 15.2. The number of hydrazine groups is 1. The Hall–Kier alpha value is -4.49. The molecule has 3 aromatic rings. The largest absolute Gasteiger partial charge is 0.344 e. The van der Waals surface area contributed by atoms with Crippen molar-refractivity contribution in [2.45, 2.75) is 55.8 Å². The number of rotatable bonds is 9. The summed E-state index contributed by atoms with van der Waals surface area (Å²) in [5, 5.41) is 7.83. The third-order valence-corrected chi connectivity index (χ3v) is 10.0. The van der Waals surface area contributed by atoms with E-state index in [4.69, 9.17) is 11.6 Å². The van der Waals surface area contributed by atoms with Gasteiger partial charge in [0.2, 0.25) is 5.91 Å². The predicted octanol–water partition coefficient (Wildman–Crippen LogP) is 3.75. The molecule has 0 radical (unpaired) electrons. The van der Waals surface area contributed by atoms with Gasteiger partial charge in [-0.05, 0) is 36.1 Å². The number of sulfonamides is 1. The van der Waals surface area contributed by atoms with E-state index >= 15 is 8.78 Å². The molecular weight excluding hydrogens is 730 g/mol. The molecule has 3 heterocycles. The summed E-state index contributed by atoms with van der Waals surface area (Å²) in [6, 6.07) is 0.457. The van der Waals surface area contributed by atoms with Gasteiger partial charge in [0.15, 0.2) is 5.84 Å². The summed E-state index contributed by atoms with van der Waals surface area (Å²) in [6.07, 6.45) is 1.42. The van der Waals surface area contributed by atoms with Crippen LogP contribution >= 0.6 is 11.6 Å². The minimum absolute atomic E-state index is 0.0130. The van der Waals surface area contributed by atoms with Crippen LogP contribution in [0.1, 0.15) is 59.2 Å². The van der Waals surface area contributed by atoms with Crippen molar-refractivity contribution in [3.8, 4) is 0 Å². The second-order valence-corrected chi connectivity index (χ2v) is 14.8. The molecule has 1 amide bonds. The van der Waals surface area contributed by atoms with Crippen molar-refractivity contribution in [2.75, 3.05) is 13.3 Å². The summed E-state index contributed by atoms with van der Waals surface area (Å²) >= 11 is 6.49. The fourth-order valence-corrected chi connectivity index (χ4v) is 7.99. The molecule has 20 heteroatoms. The molecule has 51 heavy (non-hydrogen) atoms. The highest BCUT2D eigenvalue weighted by Crippen LogP contribution is 2.68. The standard InChI is InChI=1S/C31H27ClF6N8O4S/c1-44-26-20(4-3-18(32)24(26)29(42-44)43-51(2,49)50)46-22(48)5-6-39-30(46)19(9-13-7-14(33)10-15(34)8-13)40-21(47)12-45-27-23(25(41-45)28(35)36)16-11-17(16)31(27,37)38/h3-8,10,16-17,19-20,26,28H,9,11-12H2,1-2H3,(H,40,47)(H,42,43)/t16-,17+,19+,20+,26?/m0/s1. The molecule has 1 saturated carbocycles. The minimum atomic E-state index is -3.92. The molecule has 5 atom stereocenters. The van der Waals surface area contributed by atoms with Crippen LogP contribution in [0.4, 0.5) is 26.3 Å². The maximum Gasteiger partial charge on any atom is 0.293 e. The number of fused-ring (bicyclic) bond motifs is 4. The number of carbonyl (C=O) groups excluding carboxylic acids is 1. The average Bonchev–Trinajstić information content (AvgIpc) is 3.56. The lowest BCUT2D eigenvalue weighted by atomic mass is 9.93. The van der Waals surface area contributed by atoms with Crippen LogP contribution in [0.25, 0.3) is 0 Å². The van der Waals surface area contributed by atoms with Crippen LogP contribution in [-0.2, 0) is 33.7 Å². The number of likely N-dealkylation sites (N-methyl/N-ethyl adjacent to an activating group) is 1. The van der Waals surface area contributed by atoms with Gasteiger partial charge < -0.3 is 10.7 Å². The first-order chi connectivity index (χ1) is 23.9. The second kappa shape index (κ2) is 12.3. The molecule has 1 saturated heterocycles. The predicted molar refractivity (Wildman–Crippen MR) is 169 cm³/mol. The smallest absolute Gasteiger partial charge is 0.293 e. The molecule has 7 rings (SSSR count). The first-order valence-corrected chi connectivity index (χ1v) is 17.6. The number of hydrogen-bond donors (Lipinski definition) is 2.